The van der Waals surface area contributed by atoms with Gasteiger partial charge in [-0.05, 0) is 26.0 Å². The van der Waals surface area contributed by atoms with Crippen molar-refractivity contribution in [2.75, 3.05) is 12.4 Å². The molecule has 1 aromatic carbocycles. The van der Waals surface area contributed by atoms with E-state index in [1.807, 2.05) is 6.92 Å². The molecule has 0 aliphatic heterocycles. The number of carbonyl (C=O) groups excluding carboxylic acids is 2. The molecule has 0 fully saturated rings. The van der Waals surface area contributed by atoms with Crippen LogP contribution in [0.25, 0.3) is 0 Å². The van der Waals surface area contributed by atoms with Crippen LogP contribution in [0, 0.1) is 6.92 Å². The van der Waals surface area contributed by atoms with E-state index in [4.69, 9.17) is 4.74 Å². The lowest BCUT2D eigenvalue weighted by molar-refractivity contribution is -0.115. The first-order valence-electron chi connectivity index (χ1n) is 6.84. The van der Waals surface area contributed by atoms with Gasteiger partial charge >= 0.3 is 0 Å². The molecule has 0 saturated carbocycles. The van der Waals surface area contributed by atoms with E-state index in [1.54, 1.807) is 31.4 Å². The molecule has 1 N–H and O–H groups in total. The molecule has 5 nitrogen and oxygen atoms in total. The number of amides is 1. The van der Waals surface area contributed by atoms with Crippen LogP contribution in [-0.4, -0.2) is 23.8 Å². The van der Waals surface area contributed by atoms with Crippen molar-refractivity contribution in [3.05, 3.63) is 45.4 Å². The summed E-state index contributed by atoms with van der Waals surface area (Å²) >= 11 is 1.48. The molecule has 0 aliphatic rings. The van der Waals surface area contributed by atoms with Crippen LogP contribution < -0.4 is 5.32 Å². The zero-order chi connectivity index (χ0) is 16.1. The van der Waals surface area contributed by atoms with E-state index in [9.17, 15) is 9.59 Å². The Balaban J connectivity index is 2.04. The molecule has 116 valence electrons. The number of ketones is 1. The molecule has 0 spiro atoms. The fraction of sp³-hybridized carbons (Fsp3) is 0.312. The molecule has 22 heavy (non-hydrogen) atoms. The van der Waals surface area contributed by atoms with Gasteiger partial charge in [-0.2, -0.15) is 0 Å². The second-order valence-electron chi connectivity index (χ2n) is 4.91. The number of Topliss-reactive ketones (excluding diaryl/α,β-unsaturated/α-hetero) is 1. The van der Waals surface area contributed by atoms with Gasteiger partial charge < -0.3 is 10.1 Å². The molecule has 2 rings (SSSR count). The summed E-state index contributed by atoms with van der Waals surface area (Å²) in [5.74, 6) is -0.157. The molecular formula is C16H18N2O3S. The van der Waals surface area contributed by atoms with E-state index < -0.39 is 0 Å². The number of nitrogens with one attached hydrogen (secondary N) is 1. The molecule has 1 heterocycles. The van der Waals surface area contributed by atoms with Crippen molar-refractivity contribution in [2.24, 2.45) is 0 Å². The largest absolute Gasteiger partial charge is 0.378 e. The maximum Gasteiger partial charge on any atom is 0.229 e. The Kier molecular flexibility index (Phi) is 5.41. The number of ether oxygens (including phenoxy) is 1. The van der Waals surface area contributed by atoms with Crippen LogP contribution in [0.15, 0.2) is 24.3 Å². The highest BCUT2D eigenvalue weighted by molar-refractivity contribution is 7.11. The first-order chi connectivity index (χ1) is 10.5. The lowest BCUT2D eigenvalue weighted by Gasteiger charge is -2.06. The average molecular weight is 318 g/mol. The van der Waals surface area contributed by atoms with Gasteiger partial charge in [0.2, 0.25) is 5.91 Å². The van der Waals surface area contributed by atoms with E-state index in [0.717, 1.165) is 15.6 Å². The number of thiazole rings is 1. The highest BCUT2D eigenvalue weighted by Gasteiger charge is 2.12. The van der Waals surface area contributed by atoms with Gasteiger partial charge in [0.15, 0.2) is 5.78 Å². The number of nitrogens with zero attached hydrogens (tertiary/aromatic N) is 1. The van der Waals surface area contributed by atoms with Gasteiger partial charge in [-0.3, -0.25) is 9.59 Å². The lowest BCUT2D eigenvalue weighted by Crippen LogP contribution is -2.14. The maximum atomic E-state index is 12.1. The third kappa shape index (κ3) is 4.22. The van der Waals surface area contributed by atoms with Gasteiger partial charge in [0.25, 0.3) is 0 Å². The van der Waals surface area contributed by atoms with Gasteiger partial charge in [0.05, 0.1) is 18.7 Å². The monoisotopic (exact) mass is 318 g/mol. The van der Waals surface area contributed by atoms with E-state index in [1.165, 1.54) is 18.3 Å². The third-order valence-electron chi connectivity index (χ3n) is 3.08. The quantitative estimate of drug-likeness (QED) is 0.831. The number of aryl methyl sites for hydroxylation is 1. The molecule has 2 aromatic rings. The highest BCUT2D eigenvalue weighted by Crippen LogP contribution is 2.20. The number of methoxy groups -OCH3 is 1. The fourth-order valence-corrected chi connectivity index (χ4v) is 3.04. The van der Waals surface area contributed by atoms with Gasteiger partial charge in [0.1, 0.15) is 5.01 Å². The van der Waals surface area contributed by atoms with Crippen molar-refractivity contribution >= 4 is 28.7 Å². The van der Waals surface area contributed by atoms with Crippen LogP contribution >= 0.6 is 11.3 Å². The summed E-state index contributed by atoms with van der Waals surface area (Å²) in [4.78, 5) is 28.8. The van der Waals surface area contributed by atoms with Crippen molar-refractivity contribution in [1.82, 2.24) is 4.98 Å². The number of anilines is 1. The van der Waals surface area contributed by atoms with Crippen molar-refractivity contribution < 1.29 is 14.3 Å². The number of carbonyl (C=O) groups is 2. The summed E-state index contributed by atoms with van der Waals surface area (Å²) < 4.78 is 5.05. The standard InChI is InChI=1S/C16H18N2O3S/c1-10-14(22-16(17-10)9-21-3)8-15(20)18-13-6-4-5-12(7-13)11(2)19/h4-7H,8-9H2,1-3H3,(H,18,20). The number of hydrogen-bond acceptors (Lipinski definition) is 5. The Morgan fingerprint density at radius 2 is 2.14 bits per heavy atom. The van der Waals surface area contributed by atoms with Gasteiger partial charge in [-0.15, -0.1) is 11.3 Å². The second-order valence-corrected chi connectivity index (χ2v) is 6.08. The first kappa shape index (κ1) is 16.3. The Hall–Kier alpha value is -2.05. The molecule has 0 bridgehead atoms. The van der Waals surface area contributed by atoms with E-state index >= 15 is 0 Å². The minimum atomic E-state index is -0.128. The minimum Gasteiger partial charge on any atom is -0.378 e. The average Bonchev–Trinajstić information content (AvgIpc) is 2.79. The minimum absolute atomic E-state index is 0.0291. The fourth-order valence-electron chi connectivity index (χ4n) is 2.00. The van der Waals surface area contributed by atoms with E-state index in [-0.39, 0.29) is 18.1 Å². The summed E-state index contributed by atoms with van der Waals surface area (Å²) in [6.07, 6.45) is 0.261. The van der Waals surface area contributed by atoms with Crippen molar-refractivity contribution in [3.8, 4) is 0 Å². The molecule has 0 unspecified atom stereocenters. The van der Waals surface area contributed by atoms with Gasteiger partial charge in [-0.25, -0.2) is 4.98 Å². The van der Waals surface area contributed by atoms with Crippen LogP contribution in [0.4, 0.5) is 5.69 Å². The van der Waals surface area contributed by atoms with E-state index in [2.05, 4.69) is 10.3 Å². The predicted molar refractivity (Wildman–Crippen MR) is 86.3 cm³/mol. The summed E-state index contributed by atoms with van der Waals surface area (Å²) in [5.41, 5.74) is 2.05. The molecule has 0 radical (unpaired) electrons. The molecule has 1 amide bonds. The molecule has 0 atom stereocenters. The van der Waals surface area contributed by atoms with Crippen molar-refractivity contribution in [1.29, 1.82) is 0 Å². The third-order valence-corrected chi connectivity index (χ3v) is 4.21. The van der Waals surface area contributed by atoms with Gasteiger partial charge in [-0.1, -0.05) is 12.1 Å². The predicted octanol–water partition coefficient (Wildman–Crippen LogP) is 2.98. The van der Waals surface area contributed by atoms with Crippen LogP contribution in [0.3, 0.4) is 0 Å². The van der Waals surface area contributed by atoms with Gasteiger partial charge in [0, 0.05) is 23.2 Å². The van der Waals surface area contributed by atoms with E-state index in [0.29, 0.717) is 17.9 Å². The zero-order valence-electron chi connectivity index (χ0n) is 12.8. The summed E-state index contributed by atoms with van der Waals surface area (Å²) in [7, 11) is 1.62. The zero-order valence-corrected chi connectivity index (χ0v) is 13.6. The molecule has 0 aliphatic carbocycles. The SMILES string of the molecule is COCc1nc(C)c(CC(=O)Nc2cccc(C(C)=O)c2)s1. The number of aromatic nitrogens is 1. The first-order valence-corrected chi connectivity index (χ1v) is 7.66. The van der Waals surface area contributed by atoms with Crippen molar-refractivity contribution in [2.45, 2.75) is 26.9 Å². The molecule has 0 saturated heterocycles. The molecule has 1 aromatic heterocycles. The Morgan fingerprint density at radius 3 is 2.82 bits per heavy atom. The highest BCUT2D eigenvalue weighted by atomic mass is 32.1. The topological polar surface area (TPSA) is 68.3 Å². The summed E-state index contributed by atoms with van der Waals surface area (Å²) in [6.45, 7) is 3.83. The van der Waals surface area contributed by atoms with Crippen LogP contribution in [0.5, 0.6) is 0 Å². The second kappa shape index (κ2) is 7.29. The summed E-state index contributed by atoms with van der Waals surface area (Å²) in [5, 5.41) is 3.67. The Labute approximate surface area is 133 Å². The summed E-state index contributed by atoms with van der Waals surface area (Å²) in [6, 6.07) is 6.92. The Morgan fingerprint density at radius 1 is 1.36 bits per heavy atom. The van der Waals surface area contributed by atoms with Crippen LogP contribution in [0.2, 0.25) is 0 Å². The lowest BCUT2D eigenvalue weighted by atomic mass is 10.1. The van der Waals surface area contributed by atoms with Crippen LogP contribution in [0.1, 0.15) is 32.9 Å². The molecule has 6 heteroatoms. The smallest absolute Gasteiger partial charge is 0.229 e. The Bertz CT molecular complexity index is 694. The number of hydrogen-bond donors (Lipinski definition) is 1. The normalized spacial score (nSPS) is 10.5. The van der Waals surface area contributed by atoms with Crippen LogP contribution in [-0.2, 0) is 22.6 Å². The van der Waals surface area contributed by atoms with Crippen molar-refractivity contribution in [3.63, 3.8) is 0 Å². The maximum absolute atomic E-state index is 12.1. The number of rotatable bonds is 6. The number of benzene rings is 1. The molecular weight excluding hydrogens is 300 g/mol.